The Morgan fingerprint density at radius 2 is 1.83 bits per heavy atom. The molecule has 1 saturated heterocycles. The van der Waals surface area contributed by atoms with Gasteiger partial charge in [-0.15, -0.1) is 0 Å². The molecule has 13 nitrogen and oxygen atoms in total. The molecule has 156 valence electrons. The SMILES string of the molecule is CC(=O)C(O)[C@H]1O[C@@H](n2cnc3c(=O)[nH]c(N)nc32)[C@@](O)(C(C)=O)[C@@]1(O)C(C)=O. The molecule has 0 bridgehead atoms. The van der Waals surface area contributed by atoms with Gasteiger partial charge in [0.15, 0.2) is 40.3 Å². The van der Waals surface area contributed by atoms with Crippen LogP contribution in [0.15, 0.2) is 11.1 Å². The van der Waals surface area contributed by atoms with Gasteiger partial charge in [-0.2, -0.15) is 4.98 Å². The second kappa shape index (κ2) is 6.52. The molecule has 29 heavy (non-hydrogen) atoms. The van der Waals surface area contributed by atoms with Crippen molar-refractivity contribution in [2.24, 2.45) is 0 Å². The number of imidazole rings is 1. The van der Waals surface area contributed by atoms with Crippen LogP contribution in [0.1, 0.15) is 27.0 Å². The molecule has 3 rings (SSSR count). The number of aliphatic hydroxyl groups is 3. The fraction of sp³-hybridized carbons (Fsp3) is 0.500. The number of fused-ring (bicyclic) bond motifs is 1. The zero-order chi connectivity index (χ0) is 21.9. The number of H-pyrrole nitrogens is 1. The molecule has 6 N–H and O–H groups in total. The number of anilines is 1. The van der Waals surface area contributed by atoms with Crippen LogP contribution in [0.2, 0.25) is 0 Å². The third kappa shape index (κ3) is 2.62. The zero-order valence-corrected chi connectivity index (χ0v) is 15.6. The van der Waals surface area contributed by atoms with Gasteiger partial charge in [0.25, 0.3) is 5.56 Å². The molecule has 5 atom stereocenters. The second-order valence-electron chi connectivity index (χ2n) is 6.88. The number of rotatable bonds is 5. The summed E-state index contributed by atoms with van der Waals surface area (Å²) in [5, 5.41) is 32.5. The van der Waals surface area contributed by atoms with Crippen LogP contribution in [0, 0.1) is 0 Å². The summed E-state index contributed by atoms with van der Waals surface area (Å²) in [4.78, 5) is 58.4. The van der Waals surface area contributed by atoms with Crippen LogP contribution >= 0.6 is 0 Å². The molecule has 0 aliphatic carbocycles. The van der Waals surface area contributed by atoms with E-state index < -0.39 is 52.5 Å². The number of hydrogen-bond donors (Lipinski definition) is 5. The largest absolute Gasteiger partial charge is 0.382 e. The quantitative estimate of drug-likeness (QED) is 0.340. The Kier molecular flexibility index (Phi) is 4.66. The predicted octanol–water partition coefficient (Wildman–Crippen LogP) is -2.81. The summed E-state index contributed by atoms with van der Waals surface area (Å²) < 4.78 is 6.41. The third-order valence-corrected chi connectivity index (χ3v) is 5.11. The lowest BCUT2D eigenvalue weighted by Crippen LogP contribution is -2.67. The number of nitrogen functional groups attached to an aromatic ring is 1. The molecule has 13 heteroatoms. The molecule has 1 fully saturated rings. The lowest BCUT2D eigenvalue weighted by atomic mass is 9.73. The first-order valence-corrected chi connectivity index (χ1v) is 8.40. The van der Waals surface area contributed by atoms with Crippen LogP contribution in [-0.4, -0.2) is 75.6 Å². The first-order chi connectivity index (χ1) is 13.4. The van der Waals surface area contributed by atoms with E-state index in [1.54, 1.807) is 0 Å². The van der Waals surface area contributed by atoms with Crippen molar-refractivity contribution in [2.75, 3.05) is 5.73 Å². The maximum absolute atomic E-state index is 12.4. The van der Waals surface area contributed by atoms with Crippen LogP contribution in [0.25, 0.3) is 11.2 Å². The maximum atomic E-state index is 12.4. The average molecular weight is 409 g/mol. The van der Waals surface area contributed by atoms with Gasteiger partial charge in [0.2, 0.25) is 11.5 Å². The van der Waals surface area contributed by atoms with Crippen molar-refractivity contribution < 1.29 is 34.4 Å². The molecule has 0 radical (unpaired) electrons. The molecule has 0 aromatic carbocycles. The molecule has 0 spiro atoms. The van der Waals surface area contributed by atoms with E-state index in [2.05, 4.69) is 15.0 Å². The Balaban J connectivity index is 2.32. The Hall–Kier alpha value is -3.00. The van der Waals surface area contributed by atoms with Crippen molar-refractivity contribution in [3.05, 3.63) is 16.7 Å². The van der Waals surface area contributed by atoms with Gasteiger partial charge in [-0.05, 0) is 20.8 Å². The standard InChI is InChI=1S/C16H19N5O8/c1-5(22)9(25)10-15(27,6(2)23)16(28,7(3)24)13(29-10)21-4-18-8-11(21)19-14(17)20-12(8)26/h4,9-10,13,25,27-28H,1-3H3,(H3,17,19,20,26)/t9?,10-,13-,15-,16+/m1/s1. The van der Waals surface area contributed by atoms with Gasteiger partial charge in [-0.3, -0.25) is 28.7 Å². The molecular formula is C16H19N5O8. The zero-order valence-electron chi connectivity index (χ0n) is 15.6. The number of aromatic nitrogens is 4. The number of ether oxygens (including phenoxy) is 1. The smallest absolute Gasteiger partial charge is 0.280 e. The van der Waals surface area contributed by atoms with Crippen molar-refractivity contribution in [3.8, 4) is 0 Å². The lowest BCUT2D eigenvalue weighted by molar-refractivity contribution is -0.184. The van der Waals surface area contributed by atoms with Crippen molar-refractivity contribution >= 4 is 34.5 Å². The van der Waals surface area contributed by atoms with E-state index in [1.807, 2.05) is 0 Å². The summed E-state index contributed by atoms with van der Waals surface area (Å²) >= 11 is 0. The molecule has 0 saturated carbocycles. The molecule has 0 amide bonds. The highest BCUT2D eigenvalue weighted by atomic mass is 16.6. The first kappa shape index (κ1) is 20.7. The van der Waals surface area contributed by atoms with Crippen LogP contribution in [0.4, 0.5) is 5.95 Å². The first-order valence-electron chi connectivity index (χ1n) is 8.40. The number of aliphatic hydroxyl groups excluding tert-OH is 1. The summed E-state index contributed by atoms with van der Waals surface area (Å²) in [6.45, 7) is 2.73. The number of Topliss-reactive ketones (excluding diaryl/α,β-unsaturated/α-hetero) is 3. The van der Waals surface area contributed by atoms with Gasteiger partial charge in [0.05, 0.1) is 6.33 Å². The summed E-state index contributed by atoms with van der Waals surface area (Å²) in [5.74, 6) is -3.41. The highest BCUT2D eigenvalue weighted by Gasteiger charge is 2.73. The van der Waals surface area contributed by atoms with Crippen LogP contribution < -0.4 is 11.3 Å². The summed E-state index contributed by atoms with van der Waals surface area (Å²) in [6.07, 6.45) is -4.93. The topological polar surface area (TPSA) is 211 Å². The Bertz CT molecular complexity index is 1090. The van der Waals surface area contributed by atoms with Gasteiger partial charge in [-0.1, -0.05) is 0 Å². The summed E-state index contributed by atoms with van der Waals surface area (Å²) in [5.41, 5.74) is -1.58. The normalized spacial score (nSPS) is 30.4. The molecule has 1 aliphatic heterocycles. The van der Waals surface area contributed by atoms with Crippen LogP contribution in [0.5, 0.6) is 0 Å². The highest BCUT2D eigenvalue weighted by molar-refractivity contribution is 6.00. The third-order valence-electron chi connectivity index (χ3n) is 5.11. The second-order valence-corrected chi connectivity index (χ2v) is 6.88. The number of nitrogens with zero attached hydrogens (tertiary/aromatic N) is 3. The predicted molar refractivity (Wildman–Crippen MR) is 94.4 cm³/mol. The number of carbonyl (C=O) groups is 3. The van der Waals surface area contributed by atoms with Gasteiger partial charge < -0.3 is 25.8 Å². The minimum atomic E-state index is -2.99. The van der Waals surface area contributed by atoms with Gasteiger partial charge in [-0.25, -0.2) is 4.98 Å². The summed E-state index contributed by atoms with van der Waals surface area (Å²) in [6, 6.07) is 0. The molecule has 1 unspecified atom stereocenters. The molecule has 3 heterocycles. The molecule has 1 aliphatic rings. The monoisotopic (exact) mass is 409 g/mol. The number of aromatic amines is 1. The minimum Gasteiger partial charge on any atom is -0.382 e. The molecule has 2 aromatic heterocycles. The van der Waals surface area contributed by atoms with E-state index in [1.165, 1.54) is 0 Å². The van der Waals surface area contributed by atoms with Crippen LogP contribution in [-0.2, 0) is 19.1 Å². The fourth-order valence-electron chi connectivity index (χ4n) is 3.55. The van der Waals surface area contributed by atoms with Gasteiger partial charge in [0.1, 0.15) is 12.2 Å². The molecule has 2 aromatic rings. The minimum absolute atomic E-state index is 0.222. The van der Waals surface area contributed by atoms with Gasteiger partial charge >= 0.3 is 0 Å². The Morgan fingerprint density at radius 1 is 1.24 bits per heavy atom. The van der Waals surface area contributed by atoms with Crippen molar-refractivity contribution in [1.82, 2.24) is 19.5 Å². The number of hydrogen-bond acceptors (Lipinski definition) is 11. The van der Waals surface area contributed by atoms with E-state index >= 15 is 0 Å². The van der Waals surface area contributed by atoms with E-state index in [0.717, 1.165) is 31.7 Å². The fourth-order valence-corrected chi connectivity index (χ4v) is 3.55. The van der Waals surface area contributed by atoms with E-state index in [0.29, 0.717) is 0 Å². The van der Waals surface area contributed by atoms with Crippen LogP contribution in [0.3, 0.4) is 0 Å². The summed E-state index contributed by atoms with van der Waals surface area (Å²) in [7, 11) is 0. The maximum Gasteiger partial charge on any atom is 0.280 e. The van der Waals surface area contributed by atoms with E-state index in [4.69, 9.17) is 10.5 Å². The Labute approximate surface area is 162 Å². The number of ketones is 3. The Morgan fingerprint density at radius 3 is 2.34 bits per heavy atom. The average Bonchev–Trinajstić information content (AvgIpc) is 3.13. The van der Waals surface area contributed by atoms with Crippen molar-refractivity contribution in [3.63, 3.8) is 0 Å². The molecular weight excluding hydrogens is 390 g/mol. The van der Waals surface area contributed by atoms with Crippen molar-refractivity contribution in [2.45, 2.75) is 50.4 Å². The number of carbonyl (C=O) groups excluding carboxylic acids is 3. The highest BCUT2D eigenvalue weighted by Crippen LogP contribution is 2.48. The number of nitrogens with two attached hydrogens (primary N) is 1. The van der Waals surface area contributed by atoms with E-state index in [-0.39, 0.29) is 17.1 Å². The van der Waals surface area contributed by atoms with Crippen molar-refractivity contribution in [1.29, 1.82) is 0 Å². The van der Waals surface area contributed by atoms with E-state index in [9.17, 15) is 34.5 Å². The number of nitrogens with one attached hydrogen (secondary N) is 1. The van der Waals surface area contributed by atoms with Gasteiger partial charge in [0, 0.05) is 0 Å². The lowest BCUT2D eigenvalue weighted by Gasteiger charge is -2.37.